The first-order valence-corrected chi connectivity index (χ1v) is 10.5. The molecule has 0 aliphatic carbocycles. The minimum Gasteiger partial charge on any atom is -0.336 e. The SMILES string of the molecule is CC1CCCC(C)N1C(=O)[C@H]1C[C@@H](c2ccc(F)cc2)NS(=O)(=O)N1C. The summed E-state index contributed by atoms with van der Waals surface area (Å²) in [5.74, 6) is -0.530. The van der Waals surface area contributed by atoms with E-state index in [9.17, 15) is 17.6 Å². The summed E-state index contributed by atoms with van der Waals surface area (Å²) in [4.78, 5) is 15.1. The molecule has 1 aromatic rings. The van der Waals surface area contributed by atoms with Crippen molar-refractivity contribution in [3.63, 3.8) is 0 Å². The maximum atomic E-state index is 13.2. The van der Waals surface area contributed by atoms with Gasteiger partial charge in [0.05, 0.1) is 0 Å². The molecule has 8 heteroatoms. The molecule has 26 heavy (non-hydrogen) atoms. The molecule has 2 aliphatic heterocycles. The van der Waals surface area contributed by atoms with E-state index < -0.39 is 22.3 Å². The summed E-state index contributed by atoms with van der Waals surface area (Å²) in [5, 5.41) is 0. The highest BCUT2D eigenvalue weighted by Gasteiger charge is 2.44. The van der Waals surface area contributed by atoms with Gasteiger partial charge in [0.1, 0.15) is 11.9 Å². The van der Waals surface area contributed by atoms with Gasteiger partial charge in [-0.15, -0.1) is 0 Å². The molecule has 2 saturated heterocycles. The van der Waals surface area contributed by atoms with Crippen LogP contribution in [0.15, 0.2) is 24.3 Å². The Bertz CT molecular complexity index is 758. The summed E-state index contributed by atoms with van der Waals surface area (Å²) < 4.78 is 42.0. The third-order valence-electron chi connectivity index (χ3n) is 5.57. The molecule has 0 radical (unpaired) electrons. The van der Waals surface area contributed by atoms with Crippen LogP contribution in [0.1, 0.15) is 51.1 Å². The van der Waals surface area contributed by atoms with Gasteiger partial charge in [-0.25, -0.2) is 4.39 Å². The van der Waals surface area contributed by atoms with E-state index in [-0.39, 0.29) is 23.8 Å². The predicted octanol–water partition coefficient (Wildman–Crippen LogP) is 2.19. The van der Waals surface area contributed by atoms with Gasteiger partial charge in [0.25, 0.3) is 10.2 Å². The van der Waals surface area contributed by atoms with Crippen molar-refractivity contribution >= 4 is 16.1 Å². The topological polar surface area (TPSA) is 69.7 Å². The maximum Gasteiger partial charge on any atom is 0.280 e. The van der Waals surface area contributed by atoms with E-state index in [4.69, 9.17) is 0 Å². The van der Waals surface area contributed by atoms with E-state index in [1.165, 1.54) is 19.2 Å². The second-order valence-electron chi connectivity index (χ2n) is 7.37. The first-order chi connectivity index (χ1) is 12.2. The molecule has 0 bridgehead atoms. The lowest BCUT2D eigenvalue weighted by atomic mass is 9.94. The normalized spacial score (nSPS) is 32.4. The molecule has 1 N–H and O–H groups in total. The largest absolute Gasteiger partial charge is 0.336 e. The molecule has 2 aliphatic rings. The Kier molecular flexibility index (Phi) is 5.37. The molecule has 2 fully saturated rings. The number of likely N-dealkylation sites (N-methyl/N-ethyl adjacent to an activating group) is 1. The Morgan fingerprint density at radius 3 is 2.31 bits per heavy atom. The first kappa shape index (κ1) is 19.3. The van der Waals surface area contributed by atoms with Crippen LogP contribution in [0, 0.1) is 5.82 Å². The van der Waals surface area contributed by atoms with Crippen LogP contribution in [0.25, 0.3) is 0 Å². The minimum absolute atomic E-state index is 0.0986. The molecular formula is C18H26FN3O3S. The number of nitrogens with one attached hydrogen (secondary N) is 1. The molecule has 3 rings (SSSR count). The van der Waals surface area contributed by atoms with Crippen LogP contribution in [0.4, 0.5) is 4.39 Å². The molecule has 2 heterocycles. The van der Waals surface area contributed by atoms with Gasteiger partial charge in [-0.05, 0) is 57.2 Å². The van der Waals surface area contributed by atoms with Crippen molar-refractivity contribution in [3.05, 3.63) is 35.6 Å². The van der Waals surface area contributed by atoms with Gasteiger partial charge < -0.3 is 4.90 Å². The minimum atomic E-state index is -3.79. The monoisotopic (exact) mass is 383 g/mol. The molecule has 144 valence electrons. The lowest BCUT2D eigenvalue weighted by molar-refractivity contribution is -0.142. The van der Waals surface area contributed by atoms with Crippen molar-refractivity contribution in [2.75, 3.05) is 7.05 Å². The second kappa shape index (κ2) is 7.25. The second-order valence-corrected chi connectivity index (χ2v) is 9.13. The molecule has 6 nitrogen and oxygen atoms in total. The zero-order valence-corrected chi connectivity index (χ0v) is 16.2. The Balaban J connectivity index is 1.89. The number of halogens is 1. The summed E-state index contributed by atoms with van der Waals surface area (Å²) in [6.45, 7) is 4.03. The fraction of sp³-hybridized carbons (Fsp3) is 0.611. The molecule has 4 atom stereocenters. The van der Waals surface area contributed by atoms with Crippen molar-refractivity contribution in [1.29, 1.82) is 0 Å². The van der Waals surface area contributed by atoms with Crippen molar-refractivity contribution in [2.45, 2.75) is 63.7 Å². The Hall–Kier alpha value is -1.51. The molecular weight excluding hydrogens is 357 g/mol. The number of benzene rings is 1. The van der Waals surface area contributed by atoms with Crippen LogP contribution in [-0.4, -0.2) is 48.7 Å². The number of carbonyl (C=O) groups excluding carboxylic acids is 1. The Labute approximate surface area is 154 Å². The highest BCUT2D eigenvalue weighted by Crippen LogP contribution is 2.31. The van der Waals surface area contributed by atoms with Crippen LogP contribution >= 0.6 is 0 Å². The van der Waals surface area contributed by atoms with Crippen LogP contribution < -0.4 is 4.72 Å². The van der Waals surface area contributed by atoms with E-state index in [2.05, 4.69) is 4.72 Å². The average molecular weight is 383 g/mol. The fourth-order valence-electron chi connectivity index (χ4n) is 4.03. The average Bonchev–Trinajstić information content (AvgIpc) is 2.57. The van der Waals surface area contributed by atoms with Crippen LogP contribution in [0.3, 0.4) is 0 Å². The van der Waals surface area contributed by atoms with E-state index in [1.54, 1.807) is 12.1 Å². The van der Waals surface area contributed by atoms with Crippen molar-refractivity contribution in [1.82, 2.24) is 13.9 Å². The molecule has 0 saturated carbocycles. The van der Waals surface area contributed by atoms with E-state index in [0.29, 0.717) is 12.0 Å². The summed E-state index contributed by atoms with van der Waals surface area (Å²) in [7, 11) is -2.36. The van der Waals surface area contributed by atoms with Gasteiger partial charge in [0, 0.05) is 25.2 Å². The van der Waals surface area contributed by atoms with Gasteiger partial charge in [-0.1, -0.05) is 12.1 Å². The number of piperidine rings is 1. The van der Waals surface area contributed by atoms with Gasteiger partial charge >= 0.3 is 0 Å². The van der Waals surface area contributed by atoms with Crippen LogP contribution in [0.2, 0.25) is 0 Å². The van der Waals surface area contributed by atoms with Gasteiger partial charge in [0.2, 0.25) is 5.91 Å². The molecule has 1 aromatic carbocycles. The molecule has 0 spiro atoms. The number of hydrogen-bond acceptors (Lipinski definition) is 3. The van der Waals surface area contributed by atoms with Crippen molar-refractivity contribution in [3.8, 4) is 0 Å². The summed E-state index contributed by atoms with van der Waals surface area (Å²) >= 11 is 0. The number of rotatable bonds is 2. The van der Waals surface area contributed by atoms with E-state index in [0.717, 1.165) is 23.6 Å². The Morgan fingerprint density at radius 1 is 1.15 bits per heavy atom. The third-order valence-corrected chi connectivity index (χ3v) is 7.17. The summed E-state index contributed by atoms with van der Waals surface area (Å²) in [6, 6.07) is 4.59. The highest BCUT2D eigenvalue weighted by atomic mass is 32.2. The summed E-state index contributed by atoms with van der Waals surface area (Å²) in [5.41, 5.74) is 0.653. The number of carbonyl (C=O) groups is 1. The van der Waals surface area contributed by atoms with Gasteiger partial charge in [-0.3, -0.25) is 4.79 Å². The number of nitrogens with zero attached hydrogens (tertiary/aromatic N) is 2. The summed E-state index contributed by atoms with van der Waals surface area (Å²) in [6.07, 6.45) is 3.25. The van der Waals surface area contributed by atoms with Crippen LogP contribution in [0.5, 0.6) is 0 Å². The first-order valence-electron chi connectivity index (χ1n) is 9.03. The number of amides is 1. The standard InChI is InChI=1S/C18H26FN3O3S/c1-12-5-4-6-13(2)22(12)18(23)17-11-16(20-26(24,25)21(17)3)14-7-9-15(19)10-8-14/h7-10,12-13,16-17,20H,4-6,11H2,1-3H3/t12?,13?,16-,17+/m0/s1. The Morgan fingerprint density at radius 2 is 1.73 bits per heavy atom. The smallest absolute Gasteiger partial charge is 0.280 e. The zero-order chi connectivity index (χ0) is 19.1. The number of hydrogen-bond donors (Lipinski definition) is 1. The molecule has 0 aromatic heterocycles. The molecule has 2 unspecified atom stereocenters. The lowest BCUT2D eigenvalue weighted by Crippen LogP contribution is -2.60. The van der Waals surface area contributed by atoms with Crippen LogP contribution in [-0.2, 0) is 15.0 Å². The predicted molar refractivity (Wildman–Crippen MR) is 97.0 cm³/mol. The quantitative estimate of drug-likeness (QED) is 0.851. The van der Waals surface area contributed by atoms with E-state index in [1.807, 2.05) is 18.7 Å². The van der Waals surface area contributed by atoms with Crippen molar-refractivity contribution in [2.24, 2.45) is 0 Å². The third kappa shape index (κ3) is 3.63. The maximum absolute atomic E-state index is 13.2. The lowest BCUT2D eigenvalue weighted by Gasteiger charge is -2.44. The highest BCUT2D eigenvalue weighted by molar-refractivity contribution is 7.87. The fourth-order valence-corrected chi connectivity index (χ4v) is 5.30. The number of likely N-dealkylation sites (tertiary alicyclic amines) is 1. The van der Waals surface area contributed by atoms with Crippen molar-refractivity contribution < 1.29 is 17.6 Å². The molecule has 1 amide bonds. The van der Waals surface area contributed by atoms with E-state index >= 15 is 0 Å². The zero-order valence-electron chi connectivity index (χ0n) is 15.4. The van der Waals surface area contributed by atoms with Gasteiger partial charge in [-0.2, -0.15) is 17.4 Å². The van der Waals surface area contributed by atoms with Gasteiger partial charge in [0.15, 0.2) is 0 Å².